The van der Waals surface area contributed by atoms with Gasteiger partial charge in [0, 0.05) is 11.5 Å². The number of hydrogen-bond acceptors (Lipinski definition) is 5. The molecule has 3 rings (SSSR count). The minimum Gasteiger partial charge on any atom is -0.595 e. The number of rotatable bonds is 3. The van der Waals surface area contributed by atoms with E-state index < -0.39 is 10.9 Å². The van der Waals surface area contributed by atoms with Crippen LogP contribution in [0, 0.1) is 5.21 Å². The molecule has 1 atom stereocenters. The molecule has 1 unspecified atom stereocenters. The zero-order valence-electron chi connectivity index (χ0n) is 12.3. The smallest absolute Gasteiger partial charge is 0.345 e. The van der Waals surface area contributed by atoms with Gasteiger partial charge in [-0.2, -0.15) is 5.23 Å². The Balaban J connectivity index is 2.12. The number of hydrogen-bond donors (Lipinski definition) is 2. The van der Waals surface area contributed by atoms with E-state index in [-0.39, 0.29) is 5.69 Å². The fourth-order valence-electron chi connectivity index (χ4n) is 2.31. The summed E-state index contributed by atoms with van der Waals surface area (Å²) >= 11 is 0. The molecule has 2 aromatic carbocycles. The van der Waals surface area contributed by atoms with E-state index in [9.17, 15) is 15.2 Å². The first-order valence-corrected chi connectivity index (χ1v) is 6.97. The summed E-state index contributed by atoms with van der Waals surface area (Å²) in [6.45, 7) is 1.65. The summed E-state index contributed by atoms with van der Waals surface area (Å²) in [5, 5.41) is 20.1. The van der Waals surface area contributed by atoms with Crippen LogP contribution in [0.2, 0.25) is 0 Å². The minimum absolute atomic E-state index is 0.0806. The van der Waals surface area contributed by atoms with Crippen LogP contribution in [0.4, 0.5) is 11.4 Å². The maximum absolute atomic E-state index is 12.1. The van der Waals surface area contributed by atoms with Crippen molar-refractivity contribution in [2.45, 2.75) is 6.92 Å². The molecule has 0 bridgehead atoms. The monoisotopic (exact) mass is 310 g/mol. The number of quaternary nitrogens is 1. The van der Waals surface area contributed by atoms with Gasteiger partial charge in [-0.3, -0.25) is 0 Å². The first kappa shape index (κ1) is 15.1. The second kappa shape index (κ2) is 6.13. The van der Waals surface area contributed by atoms with Gasteiger partial charge in [-0.15, -0.1) is 0 Å². The van der Waals surface area contributed by atoms with E-state index in [0.717, 1.165) is 5.39 Å². The van der Waals surface area contributed by atoms with Gasteiger partial charge in [0.15, 0.2) is 5.69 Å². The Morgan fingerprint density at radius 3 is 2.65 bits per heavy atom. The highest BCUT2D eigenvalue weighted by Crippen LogP contribution is 2.22. The molecular weight excluding hydrogens is 296 g/mol. The van der Waals surface area contributed by atoms with E-state index >= 15 is 0 Å². The van der Waals surface area contributed by atoms with E-state index in [1.54, 1.807) is 43.3 Å². The van der Waals surface area contributed by atoms with Crippen molar-refractivity contribution in [3.05, 3.63) is 75.8 Å². The van der Waals surface area contributed by atoms with E-state index in [4.69, 9.17) is 4.42 Å². The first-order valence-electron chi connectivity index (χ1n) is 6.97. The lowest BCUT2D eigenvalue weighted by Gasteiger charge is -2.13. The lowest BCUT2D eigenvalue weighted by Crippen LogP contribution is -2.99. The molecule has 6 heteroatoms. The molecule has 0 saturated carbocycles. The van der Waals surface area contributed by atoms with Crippen LogP contribution in [0.5, 0.6) is 0 Å². The summed E-state index contributed by atoms with van der Waals surface area (Å²) in [5.41, 5.74) is 1.09. The number of aliphatic imine (C=N–C) groups is 1. The van der Waals surface area contributed by atoms with E-state index in [2.05, 4.69) is 4.99 Å². The summed E-state index contributed by atoms with van der Waals surface area (Å²) in [6.07, 6.45) is 0. The van der Waals surface area contributed by atoms with Gasteiger partial charge < -0.3 is 9.62 Å². The van der Waals surface area contributed by atoms with Crippen molar-refractivity contribution in [2.75, 3.05) is 0 Å². The van der Waals surface area contributed by atoms with Crippen molar-refractivity contribution in [1.82, 2.24) is 0 Å². The van der Waals surface area contributed by atoms with Crippen molar-refractivity contribution < 1.29 is 14.9 Å². The summed E-state index contributed by atoms with van der Waals surface area (Å²) in [7, 11) is 0. The highest BCUT2D eigenvalue weighted by molar-refractivity contribution is 6.02. The predicted octanol–water partition coefficient (Wildman–Crippen LogP) is 2.34. The van der Waals surface area contributed by atoms with E-state index in [1.165, 1.54) is 6.07 Å². The molecule has 0 saturated heterocycles. The van der Waals surface area contributed by atoms with Crippen LogP contribution in [0.25, 0.3) is 11.0 Å². The van der Waals surface area contributed by atoms with Gasteiger partial charge in [-0.1, -0.05) is 30.3 Å². The van der Waals surface area contributed by atoms with Crippen LogP contribution < -0.4 is 10.9 Å². The van der Waals surface area contributed by atoms with Gasteiger partial charge >= 0.3 is 5.63 Å². The second-order valence-electron chi connectivity index (χ2n) is 5.00. The Morgan fingerprint density at radius 1 is 1.17 bits per heavy atom. The maximum atomic E-state index is 12.1. The van der Waals surface area contributed by atoms with E-state index in [0.29, 0.717) is 22.5 Å². The largest absolute Gasteiger partial charge is 0.595 e. The van der Waals surface area contributed by atoms with Crippen molar-refractivity contribution in [1.29, 1.82) is 0 Å². The highest BCUT2D eigenvalue weighted by atomic mass is 16.8. The van der Waals surface area contributed by atoms with Crippen LogP contribution >= 0.6 is 0 Å². The van der Waals surface area contributed by atoms with Gasteiger partial charge in [0.25, 0.3) is 0 Å². The molecule has 0 aliphatic rings. The van der Waals surface area contributed by atoms with Gasteiger partial charge in [-0.25, -0.2) is 15.0 Å². The van der Waals surface area contributed by atoms with Gasteiger partial charge in [0.1, 0.15) is 11.3 Å². The van der Waals surface area contributed by atoms with Crippen molar-refractivity contribution in [2.24, 2.45) is 4.99 Å². The molecule has 0 fully saturated rings. The summed E-state index contributed by atoms with van der Waals surface area (Å²) in [5.74, 6) is 0. The molecule has 0 spiro atoms. The third-order valence-electron chi connectivity index (χ3n) is 3.45. The molecule has 0 radical (unpaired) electrons. The third-order valence-corrected chi connectivity index (χ3v) is 3.45. The molecule has 23 heavy (non-hydrogen) atoms. The number of benzene rings is 2. The lowest BCUT2D eigenvalue weighted by atomic mass is 10.1. The highest BCUT2D eigenvalue weighted by Gasteiger charge is 2.11. The summed E-state index contributed by atoms with van der Waals surface area (Å²) in [4.78, 5) is 16.4. The SMILES string of the molecule is CC(=Nc1ccccc1[NH+]([O-])O)c1cc2ccccc2oc1=O. The Labute approximate surface area is 131 Å². The lowest BCUT2D eigenvalue weighted by molar-refractivity contribution is -0.990. The quantitative estimate of drug-likeness (QED) is 0.441. The Kier molecular flexibility index (Phi) is 4.03. The van der Waals surface area contributed by atoms with E-state index in [1.807, 2.05) is 12.1 Å². The molecule has 0 aliphatic heterocycles. The molecule has 0 aliphatic carbocycles. The second-order valence-corrected chi connectivity index (χ2v) is 5.00. The van der Waals surface area contributed by atoms with Gasteiger partial charge in [-0.05, 0) is 25.1 Å². The van der Waals surface area contributed by atoms with Crippen molar-refractivity contribution >= 4 is 28.1 Å². The fraction of sp³-hybridized carbons (Fsp3) is 0.0588. The molecular formula is C17H14N2O4. The Hall–Kier alpha value is -2.80. The van der Waals surface area contributed by atoms with Crippen LogP contribution in [-0.2, 0) is 0 Å². The molecule has 1 heterocycles. The average molecular weight is 310 g/mol. The number of nitrogens with zero attached hydrogens (tertiary/aromatic N) is 1. The maximum Gasteiger partial charge on any atom is 0.345 e. The van der Waals surface area contributed by atoms with Crippen LogP contribution in [0.1, 0.15) is 12.5 Å². The molecule has 2 N–H and O–H groups in total. The zero-order chi connectivity index (χ0) is 16.4. The average Bonchev–Trinajstić information content (AvgIpc) is 2.54. The number of para-hydroxylation sites is 3. The molecule has 3 aromatic rings. The first-order chi connectivity index (χ1) is 11.1. The van der Waals surface area contributed by atoms with Crippen LogP contribution in [-0.4, -0.2) is 10.9 Å². The zero-order valence-corrected chi connectivity index (χ0v) is 12.3. The fourth-order valence-corrected chi connectivity index (χ4v) is 2.31. The van der Waals surface area contributed by atoms with Gasteiger partial charge in [0.2, 0.25) is 0 Å². The van der Waals surface area contributed by atoms with Crippen LogP contribution in [0.15, 0.2) is 68.8 Å². The number of fused-ring (bicyclic) bond motifs is 1. The van der Waals surface area contributed by atoms with Gasteiger partial charge in [0.05, 0.1) is 11.3 Å². The summed E-state index contributed by atoms with van der Waals surface area (Å²) in [6, 6.07) is 15.3. The summed E-state index contributed by atoms with van der Waals surface area (Å²) < 4.78 is 5.28. The molecule has 116 valence electrons. The molecule has 0 amide bonds. The van der Waals surface area contributed by atoms with Crippen molar-refractivity contribution in [3.8, 4) is 0 Å². The third kappa shape index (κ3) is 3.04. The normalized spacial score (nSPS) is 13.3. The topological polar surface area (TPSA) is 90.3 Å². The van der Waals surface area contributed by atoms with Crippen LogP contribution in [0.3, 0.4) is 0 Å². The number of nitrogens with one attached hydrogen (secondary N) is 1. The Morgan fingerprint density at radius 2 is 1.87 bits per heavy atom. The molecule has 1 aromatic heterocycles. The Bertz CT molecular complexity index is 944. The van der Waals surface area contributed by atoms with Crippen molar-refractivity contribution in [3.63, 3.8) is 0 Å². The predicted molar refractivity (Wildman–Crippen MR) is 86.6 cm³/mol. The minimum atomic E-state index is -1.07. The standard InChI is InChI=1S/C17H14N2O4/c1-11(18-14-7-3-4-8-15(14)19(21)22)13-10-12-6-2-5-9-16(12)23-17(13)20/h2-10,19,21H,1H3. The molecule has 6 nitrogen and oxygen atoms in total.